The van der Waals surface area contributed by atoms with Gasteiger partial charge in [-0.15, -0.1) is 0 Å². The van der Waals surface area contributed by atoms with Crippen molar-refractivity contribution in [3.63, 3.8) is 0 Å². The van der Waals surface area contributed by atoms with E-state index in [1.54, 1.807) is 18.2 Å². The maximum atomic E-state index is 11.1. The van der Waals surface area contributed by atoms with Crippen LogP contribution in [0.3, 0.4) is 0 Å². The molecule has 22 heavy (non-hydrogen) atoms. The Bertz CT molecular complexity index is 485. The van der Waals surface area contributed by atoms with Crippen LogP contribution >= 0.6 is 0 Å². The molecule has 1 saturated heterocycles. The molecule has 1 atom stereocenters. The van der Waals surface area contributed by atoms with Crippen molar-refractivity contribution in [2.75, 3.05) is 26.9 Å². The molecule has 2 N–H and O–H groups in total. The summed E-state index contributed by atoms with van der Waals surface area (Å²) in [6.07, 6.45) is 3.91. The van der Waals surface area contributed by atoms with Crippen molar-refractivity contribution in [3.8, 4) is 11.5 Å². The van der Waals surface area contributed by atoms with E-state index in [1.807, 2.05) is 0 Å². The van der Waals surface area contributed by atoms with Crippen molar-refractivity contribution in [1.29, 1.82) is 0 Å². The lowest BCUT2D eigenvalue weighted by Crippen LogP contribution is -2.23. The highest BCUT2D eigenvalue weighted by atomic mass is 16.7. The first-order chi connectivity index (χ1) is 10.7. The normalized spacial score (nSPS) is 18.0. The average Bonchev–Trinajstić information content (AvgIpc) is 2.55. The van der Waals surface area contributed by atoms with Gasteiger partial charge in [0.15, 0.2) is 17.8 Å². The van der Waals surface area contributed by atoms with Crippen LogP contribution in [0.1, 0.15) is 36.0 Å². The van der Waals surface area contributed by atoms with Crippen LogP contribution in [0, 0.1) is 0 Å². The molecule has 0 aromatic heterocycles. The molecule has 6 heteroatoms. The smallest absolute Gasteiger partial charge is 0.248 e. The zero-order valence-electron chi connectivity index (χ0n) is 12.9. The molecule has 1 aromatic carbocycles. The number of carbonyl (C=O) groups is 1. The van der Waals surface area contributed by atoms with Gasteiger partial charge in [0.1, 0.15) is 0 Å². The topological polar surface area (TPSA) is 80.0 Å². The molecule has 1 unspecified atom stereocenters. The van der Waals surface area contributed by atoms with E-state index in [0.29, 0.717) is 30.3 Å². The van der Waals surface area contributed by atoms with Crippen LogP contribution in [0.2, 0.25) is 0 Å². The quantitative estimate of drug-likeness (QED) is 0.744. The highest BCUT2D eigenvalue weighted by Gasteiger charge is 2.13. The van der Waals surface area contributed by atoms with Gasteiger partial charge < -0.3 is 24.7 Å². The van der Waals surface area contributed by atoms with Crippen molar-refractivity contribution in [3.05, 3.63) is 23.8 Å². The predicted octanol–water partition coefficient (Wildman–Crippen LogP) is 2.11. The fraction of sp³-hybridized carbons (Fsp3) is 0.562. The maximum Gasteiger partial charge on any atom is 0.248 e. The van der Waals surface area contributed by atoms with Gasteiger partial charge in [0.25, 0.3) is 0 Å². The van der Waals surface area contributed by atoms with E-state index in [1.165, 1.54) is 7.11 Å². The Morgan fingerprint density at radius 2 is 2.18 bits per heavy atom. The van der Waals surface area contributed by atoms with Crippen LogP contribution in [0.25, 0.3) is 0 Å². The van der Waals surface area contributed by atoms with Gasteiger partial charge in [0.05, 0.1) is 20.3 Å². The molecule has 1 amide bonds. The van der Waals surface area contributed by atoms with E-state index >= 15 is 0 Å². The fourth-order valence-corrected chi connectivity index (χ4v) is 2.24. The van der Waals surface area contributed by atoms with Crippen LogP contribution in [0.15, 0.2) is 18.2 Å². The largest absolute Gasteiger partial charge is 0.493 e. The predicted molar refractivity (Wildman–Crippen MR) is 81.2 cm³/mol. The molecular formula is C16H23NO5. The molecule has 0 aliphatic carbocycles. The molecular weight excluding hydrogens is 286 g/mol. The zero-order chi connectivity index (χ0) is 15.8. The van der Waals surface area contributed by atoms with Crippen LogP contribution in [0.5, 0.6) is 11.5 Å². The molecule has 1 aromatic rings. The molecule has 0 saturated carbocycles. The number of amides is 1. The molecule has 1 fully saturated rings. The summed E-state index contributed by atoms with van der Waals surface area (Å²) in [5.74, 6) is 0.583. The first kappa shape index (κ1) is 16.6. The van der Waals surface area contributed by atoms with E-state index in [0.717, 1.165) is 32.3 Å². The number of nitrogens with two attached hydrogens (primary N) is 1. The van der Waals surface area contributed by atoms with Crippen molar-refractivity contribution >= 4 is 5.91 Å². The molecule has 0 spiro atoms. The Morgan fingerprint density at radius 3 is 2.86 bits per heavy atom. The molecule has 0 bridgehead atoms. The number of carbonyl (C=O) groups excluding carboxylic acids is 1. The zero-order valence-corrected chi connectivity index (χ0v) is 12.9. The Hall–Kier alpha value is -1.79. The van der Waals surface area contributed by atoms with E-state index in [9.17, 15) is 4.79 Å². The summed E-state index contributed by atoms with van der Waals surface area (Å²) in [5, 5.41) is 0. The summed E-state index contributed by atoms with van der Waals surface area (Å²) in [5.41, 5.74) is 5.62. The number of hydrogen-bond acceptors (Lipinski definition) is 5. The second-order valence-corrected chi connectivity index (χ2v) is 5.10. The van der Waals surface area contributed by atoms with Crippen LogP contribution < -0.4 is 15.2 Å². The third-order valence-corrected chi connectivity index (χ3v) is 3.44. The minimum Gasteiger partial charge on any atom is -0.493 e. The van der Waals surface area contributed by atoms with E-state index in [4.69, 9.17) is 24.7 Å². The molecule has 6 nitrogen and oxygen atoms in total. The number of rotatable bonds is 8. The first-order valence-corrected chi connectivity index (χ1v) is 7.54. The second-order valence-electron chi connectivity index (χ2n) is 5.10. The SMILES string of the molecule is COc1cc(C(N)=O)ccc1OCCCOC1CCCCO1. The van der Waals surface area contributed by atoms with Crippen LogP contribution in [-0.4, -0.2) is 39.1 Å². The Labute approximate surface area is 130 Å². The summed E-state index contributed by atoms with van der Waals surface area (Å²) in [6, 6.07) is 4.88. The van der Waals surface area contributed by atoms with Gasteiger partial charge in [-0.1, -0.05) is 0 Å². The number of ether oxygens (including phenoxy) is 4. The highest BCUT2D eigenvalue weighted by molar-refractivity contribution is 5.93. The van der Waals surface area contributed by atoms with E-state index in [2.05, 4.69) is 0 Å². The van der Waals surface area contributed by atoms with Crippen molar-refractivity contribution < 1.29 is 23.7 Å². The van der Waals surface area contributed by atoms with Gasteiger partial charge in [0, 0.05) is 18.6 Å². The Morgan fingerprint density at radius 1 is 1.32 bits per heavy atom. The minimum atomic E-state index is -0.495. The van der Waals surface area contributed by atoms with Crippen molar-refractivity contribution in [2.45, 2.75) is 32.0 Å². The standard InChI is InChI=1S/C16H23NO5/c1-19-14-11-12(16(17)18)6-7-13(14)20-9-4-10-22-15-5-2-3-8-21-15/h6-7,11,15H,2-5,8-10H2,1H3,(H2,17,18). The lowest BCUT2D eigenvalue weighted by molar-refractivity contribution is -0.163. The van der Waals surface area contributed by atoms with Gasteiger partial charge in [0.2, 0.25) is 5.91 Å². The van der Waals surface area contributed by atoms with Crippen LogP contribution in [-0.2, 0) is 9.47 Å². The van der Waals surface area contributed by atoms with E-state index in [-0.39, 0.29) is 6.29 Å². The van der Waals surface area contributed by atoms with Gasteiger partial charge in [-0.2, -0.15) is 0 Å². The molecule has 1 aliphatic heterocycles. The number of methoxy groups -OCH3 is 1. The van der Waals surface area contributed by atoms with Crippen molar-refractivity contribution in [2.24, 2.45) is 5.73 Å². The Kier molecular flexibility index (Phi) is 6.48. The molecule has 1 heterocycles. The second kappa shape index (κ2) is 8.60. The first-order valence-electron chi connectivity index (χ1n) is 7.54. The van der Waals surface area contributed by atoms with E-state index < -0.39 is 5.91 Å². The third-order valence-electron chi connectivity index (χ3n) is 3.44. The highest BCUT2D eigenvalue weighted by Crippen LogP contribution is 2.28. The number of hydrogen-bond donors (Lipinski definition) is 1. The molecule has 0 radical (unpaired) electrons. The summed E-state index contributed by atoms with van der Waals surface area (Å²) < 4.78 is 22.0. The Balaban J connectivity index is 1.73. The average molecular weight is 309 g/mol. The third kappa shape index (κ3) is 4.89. The molecule has 2 rings (SSSR count). The van der Waals surface area contributed by atoms with Gasteiger partial charge >= 0.3 is 0 Å². The lowest BCUT2D eigenvalue weighted by Gasteiger charge is -2.22. The van der Waals surface area contributed by atoms with Crippen molar-refractivity contribution in [1.82, 2.24) is 0 Å². The lowest BCUT2D eigenvalue weighted by atomic mass is 10.2. The summed E-state index contributed by atoms with van der Waals surface area (Å²) >= 11 is 0. The maximum absolute atomic E-state index is 11.1. The summed E-state index contributed by atoms with van der Waals surface area (Å²) in [7, 11) is 1.52. The van der Waals surface area contributed by atoms with Gasteiger partial charge in [-0.25, -0.2) is 0 Å². The van der Waals surface area contributed by atoms with Crippen LogP contribution in [0.4, 0.5) is 0 Å². The van der Waals surface area contributed by atoms with Gasteiger partial charge in [-0.05, 0) is 37.5 Å². The monoisotopic (exact) mass is 309 g/mol. The minimum absolute atomic E-state index is 0.0712. The molecule has 1 aliphatic rings. The summed E-state index contributed by atoms with van der Waals surface area (Å²) in [4.78, 5) is 11.1. The fourth-order valence-electron chi connectivity index (χ4n) is 2.24. The number of primary amides is 1. The number of benzene rings is 1. The van der Waals surface area contributed by atoms with Gasteiger partial charge in [-0.3, -0.25) is 4.79 Å². The summed E-state index contributed by atoms with van der Waals surface area (Å²) in [6.45, 7) is 1.87. The molecule has 122 valence electrons.